The zero-order valence-electron chi connectivity index (χ0n) is 13.6. The number of amides is 2. The largest absolute Gasteiger partial charge is 0.480 e. The molecular formula is C17H23NO5S. The molecule has 2 atom stereocenters. The van der Waals surface area contributed by atoms with Gasteiger partial charge < -0.3 is 9.84 Å². The van der Waals surface area contributed by atoms with Gasteiger partial charge in [-0.25, -0.2) is 4.79 Å². The molecule has 3 fully saturated rings. The second-order valence-corrected chi connectivity index (χ2v) is 7.71. The van der Waals surface area contributed by atoms with E-state index in [0.29, 0.717) is 17.9 Å². The second-order valence-electron chi connectivity index (χ2n) is 6.72. The highest BCUT2D eigenvalue weighted by Gasteiger charge is 2.44. The molecule has 0 bridgehead atoms. The Balaban J connectivity index is 1.73. The number of ether oxygens (including phenoxy) is 1. The lowest BCUT2D eigenvalue weighted by molar-refractivity contribution is -0.146. The van der Waals surface area contributed by atoms with E-state index < -0.39 is 23.2 Å². The molecule has 0 spiro atoms. The summed E-state index contributed by atoms with van der Waals surface area (Å²) in [6.45, 7) is 0.657. The summed E-state index contributed by atoms with van der Waals surface area (Å²) >= 11 is 0.832. The van der Waals surface area contributed by atoms with Crippen molar-refractivity contribution in [2.24, 2.45) is 5.92 Å². The van der Waals surface area contributed by atoms with Crippen molar-refractivity contribution in [3.63, 3.8) is 0 Å². The number of carboxylic acid groups (broad SMARTS) is 1. The maximum absolute atomic E-state index is 12.6. The van der Waals surface area contributed by atoms with Crippen molar-refractivity contribution in [3.8, 4) is 0 Å². The minimum Gasteiger partial charge on any atom is -0.480 e. The fourth-order valence-electron chi connectivity index (χ4n) is 3.72. The molecule has 2 amide bonds. The third kappa shape index (κ3) is 3.83. The Bertz CT molecular complexity index is 549. The first-order valence-corrected chi connectivity index (χ1v) is 9.49. The number of imide groups is 1. The maximum atomic E-state index is 12.6. The summed E-state index contributed by atoms with van der Waals surface area (Å²) in [4.78, 5) is 37.8. The van der Waals surface area contributed by atoms with Crippen molar-refractivity contribution in [3.05, 3.63) is 11.0 Å². The third-order valence-corrected chi connectivity index (χ3v) is 5.91. The predicted molar refractivity (Wildman–Crippen MR) is 89.5 cm³/mol. The lowest BCUT2D eigenvalue weighted by atomic mass is 9.84. The zero-order valence-corrected chi connectivity index (χ0v) is 14.4. The summed E-state index contributed by atoms with van der Waals surface area (Å²) in [6, 6.07) is -1.06. The number of aliphatic carboxylic acids is 1. The van der Waals surface area contributed by atoms with Crippen LogP contribution < -0.4 is 0 Å². The van der Waals surface area contributed by atoms with E-state index >= 15 is 0 Å². The average molecular weight is 353 g/mol. The first kappa shape index (κ1) is 17.5. The van der Waals surface area contributed by atoms with Crippen LogP contribution in [0.5, 0.6) is 0 Å². The SMILES string of the molecule is O=C(O)C(CC1CCCCC1)N1C(=O)S/C(=C/C2CCCO2)C1=O. The molecular weight excluding hydrogens is 330 g/mol. The van der Waals surface area contributed by atoms with E-state index in [0.717, 1.165) is 55.2 Å². The van der Waals surface area contributed by atoms with Crippen molar-refractivity contribution in [2.45, 2.75) is 63.5 Å². The van der Waals surface area contributed by atoms with Gasteiger partial charge in [0.2, 0.25) is 0 Å². The van der Waals surface area contributed by atoms with Crippen LogP contribution in [0.25, 0.3) is 0 Å². The standard InChI is InChI=1S/C17H23NO5S/c19-15-14(10-12-7-4-8-23-12)24-17(22)18(15)13(16(20)21)9-11-5-2-1-3-6-11/h10-13H,1-9H2,(H,20,21)/b14-10+. The summed E-state index contributed by atoms with van der Waals surface area (Å²) in [5.74, 6) is -1.30. The van der Waals surface area contributed by atoms with Crippen LogP contribution in [0.2, 0.25) is 0 Å². The number of hydrogen-bond donors (Lipinski definition) is 1. The molecule has 2 heterocycles. The molecule has 24 heavy (non-hydrogen) atoms. The summed E-state index contributed by atoms with van der Waals surface area (Å²) in [5.41, 5.74) is 0. The van der Waals surface area contributed by atoms with Gasteiger partial charge in [-0.3, -0.25) is 14.5 Å². The molecule has 1 N–H and O–H groups in total. The number of carbonyl (C=O) groups is 3. The summed E-state index contributed by atoms with van der Waals surface area (Å²) in [6.07, 6.45) is 8.98. The van der Waals surface area contributed by atoms with Gasteiger partial charge in [0.05, 0.1) is 11.0 Å². The van der Waals surface area contributed by atoms with Gasteiger partial charge in [-0.2, -0.15) is 0 Å². The topological polar surface area (TPSA) is 83.9 Å². The Labute approximate surface area is 145 Å². The first-order valence-electron chi connectivity index (χ1n) is 8.68. The molecule has 1 aliphatic carbocycles. The molecule has 2 saturated heterocycles. The van der Waals surface area contributed by atoms with Crippen LogP contribution in [-0.2, 0) is 14.3 Å². The zero-order chi connectivity index (χ0) is 17.1. The Morgan fingerprint density at radius 2 is 2.00 bits per heavy atom. The molecule has 0 aromatic rings. The molecule has 3 rings (SSSR count). The van der Waals surface area contributed by atoms with Crippen molar-refractivity contribution in [1.82, 2.24) is 4.90 Å². The highest BCUT2D eigenvalue weighted by molar-refractivity contribution is 8.18. The summed E-state index contributed by atoms with van der Waals surface area (Å²) in [7, 11) is 0. The molecule has 3 aliphatic rings. The average Bonchev–Trinajstić information content (AvgIpc) is 3.16. The fourth-order valence-corrected chi connectivity index (χ4v) is 4.62. The van der Waals surface area contributed by atoms with Crippen LogP contribution in [0.4, 0.5) is 4.79 Å². The Kier molecular flexibility index (Phi) is 5.61. The molecule has 1 saturated carbocycles. The minimum absolute atomic E-state index is 0.147. The Hall–Kier alpha value is -1.34. The fraction of sp³-hybridized carbons (Fsp3) is 0.706. The lowest BCUT2D eigenvalue weighted by Gasteiger charge is -2.28. The van der Waals surface area contributed by atoms with Gasteiger partial charge in [0, 0.05) is 6.61 Å². The highest BCUT2D eigenvalue weighted by Crippen LogP contribution is 2.36. The van der Waals surface area contributed by atoms with E-state index in [1.807, 2.05) is 0 Å². The van der Waals surface area contributed by atoms with Crippen LogP contribution in [0.3, 0.4) is 0 Å². The van der Waals surface area contributed by atoms with Gasteiger partial charge in [-0.15, -0.1) is 0 Å². The molecule has 7 heteroatoms. The molecule has 0 radical (unpaired) electrons. The van der Waals surface area contributed by atoms with Crippen molar-refractivity contribution in [2.75, 3.05) is 6.61 Å². The molecule has 6 nitrogen and oxygen atoms in total. The molecule has 0 aromatic carbocycles. The van der Waals surface area contributed by atoms with Gasteiger partial charge in [-0.1, -0.05) is 32.1 Å². The van der Waals surface area contributed by atoms with Crippen LogP contribution in [0, 0.1) is 5.92 Å². The van der Waals surface area contributed by atoms with E-state index in [2.05, 4.69) is 0 Å². The van der Waals surface area contributed by atoms with Crippen LogP contribution >= 0.6 is 11.8 Å². The normalized spacial score (nSPS) is 28.8. The quantitative estimate of drug-likeness (QED) is 0.764. The monoisotopic (exact) mass is 353 g/mol. The van der Waals surface area contributed by atoms with E-state index in [1.165, 1.54) is 6.42 Å². The van der Waals surface area contributed by atoms with Gasteiger partial charge in [0.15, 0.2) is 0 Å². The lowest BCUT2D eigenvalue weighted by Crippen LogP contribution is -2.45. The third-order valence-electron chi connectivity index (χ3n) is 5.00. The molecule has 2 unspecified atom stereocenters. The van der Waals surface area contributed by atoms with Crippen molar-refractivity contribution < 1.29 is 24.2 Å². The van der Waals surface area contributed by atoms with Gasteiger partial charge in [-0.05, 0) is 43.0 Å². The van der Waals surface area contributed by atoms with Crippen LogP contribution in [-0.4, -0.2) is 45.9 Å². The molecule has 132 valence electrons. The number of thioether (sulfide) groups is 1. The summed E-state index contributed by atoms with van der Waals surface area (Å²) in [5, 5.41) is 9.09. The number of carbonyl (C=O) groups excluding carboxylic acids is 2. The number of nitrogens with zero attached hydrogens (tertiary/aromatic N) is 1. The second kappa shape index (κ2) is 7.70. The van der Waals surface area contributed by atoms with Crippen molar-refractivity contribution in [1.29, 1.82) is 0 Å². The van der Waals surface area contributed by atoms with Crippen molar-refractivity contribution >= 4 is 28.9 Å². The molecule has 0 aromatic heterocycles. The van der Waals surface area contributed by atoms with E-state index in [1.54, 1.807) is 6.08 Å². The van der Waals surface area contributed by atoms with E-state index in [9.17, 15) is 19.5 Å². The molecule has 2 aliphatic heterocycles. The minimum atomic E-state index is -1.10. The predicted octanol–water partition coefficient (Wildman–Crippen LogP) is 3.17. The van der Waals surface area contributed by atoms with Crippen LogP contribution in [0.1, 0.15) is 51.4 Å². The van der Waals surface area contributed by atoms with Gasteiger partial charge >= 0.3 is 5.97 Å². The van der Waals surface area contributed by atoms with Gasteiger partial charge in [0.25, 0.3) is 11.1 Å². The van der Waals surface area contributed by atoms with E-state index in [-0.39, 0.29) is 12.0 Å². The Morgan fingerprint density at radius 3 is 2.62 bits per heavy atom. The number of rotatable bonds is 5. The van der Waals surface area contributed by atoms with Gasteiger partial charge in [0.1, 0.15) is 6.04 Å². The highest BCUT2D eigenvalue weighted by atomic mass is 32.2. The number of carboxylic acids is 1. The maximum Gasteiger partial charge on any atom is 0.326 e. The smallest absolute Gasteiger partial charge is 0.326 e. The Morgan fingerprint density at radius 1 is 1.25 bits per heavy atom. The first-order chi connectivity index (χ1) is 11.6. The van der Waals surface area contributed by atoms with E-state index in [4.69, 9.17) is 4.74 Å². The summed E-state index contributed by atoms with van der Waals surface area (Å²) < 4.78 is 5.48. The number of hydrogen-bond acceptors (Lipinski definition) is 5. The van der Waals surface area contributed by atoms with Crippen LogP contribution in [0.15, 0.2) is 11.0 Å².